The van der Waals surface area contributed by atoms with Crippen molar-refractivity contribution < 1.29 is 13.7 Å². The molecule has 7 heteroatoms. The second-order valence-electron chi connectivity index (χ2n) is 6.35. The lowest BCUT2D eigenvalue weighted by atomic mass is 10.1. The van der Waals surface area contributed by atoms with E-state index in [9.17, 15) is 9.18 Å². The van der Waals surface area contributed by atoms with E-state index in [0.29, 0.717) is 17.3 Å². The molecule has 4 rings (SSSR count). The first-order valence-corrected chi connectivity index (χ1v) is 8.47. The molecule has 0 saturated carbocycles. The van der Waals surface area contributed by atoms with Crippen molar-refractivity contribution in [3.8, 4) is 11.4 Å². The number of H-pyrrole nitrogens is 1. The van der Waals surface area contributed by atoms with Crippen molar-refractivity contribution in [1.82, 2.24) is 15.1 Å². The van der Waals surface area contributed by atoms with Gasteiger partial charge in [0.15, 0.2) is 0 Å². The Labute approximate surface area is 154 Å². The molecule has 27 heavy (non-hydrogen) atoms. The van der Waals surface area contributed by atoms with Crippen LogP contribution in [0.5, 0.6) is 0 Å². The zero-order valence-electron chi connectivity index (χ0n) is 14.8. The van der Waals surface area contributed by atoms with Crippen LogP contribution < -0.4 is 5.32 Å². The summed E-state index contributed by atoms with van der Waals surface area (Å²) in [6.45, 7) is 3.60. The molecule has 0 unspecified atom stereocenters. The molecule has 0 spiro atoms. The van der Waals surface area contributed by atoms with Crippen LogP contribution in [0.15, 0.2) is 47.0 Å². The summed E-state index contributed by atoms with van der Waals surface area (Å²) in [5.41, 5.74) is 4.51. The monoisotopic (exact) mass is 364 g/mol. The van der Waals surface area contributed by atoms with E-state index in [1.54, 1.807) is 25.1 Å². The molecule has 4 aromatic rings. The minimum atomic E-state index is -0.293. The Morgan fingerprint density at radius 1 is 1.19 bits per heavy atom. The Kier molecular flexibility index (Phi) is 4.19. The third kappa shape index (κ3) is 3.44. The van der Waals surface area contributed by atoms with Gasteiger partial charge in [0.25, 0.3) is 0 Å². The zero-order chi connectivity index (χ0) is 19.0. The smallest absolute Gasteiger partial charge is 0.229 e. The van der Waals surface area contributed by atoms with Gasteiger partial charge in [0.05, 0.1) is 23.1 Å². The largest absolute Gasteiger partial charge is 0.361 e. The summed E-state index contributed by atoms with van der Waals surface area (Å²) >= 11 is 0. The molecule has 6 nitrogen and oxygen atoms in total. The number of benzene rings is 2. The highest BCUT2D eigenvalue weighted by Gasteiger charge is 2.14. The Bertz CT molecular complexity index is 1110. The molecule has 0 saturated heterocycles. The first kappa shape index (κ1) is 17.0. The van der Waals surface area contributed by atoms with Gasteiger partial charge in [-0.1, -0.05) is 5.16 Å². The van der Waals surface area contributed by atoms with E-state index in [1.807, 2.05) is 19.1 Å². The lowest BCUT2D eigenvalue weighted by Crippen LogP contribution is -2.15. The molecule has 2 aromatic carbocycles. The molecule has 0 radical (unpaired) electrons. The number of aromatic amines is 1. The van der Waals surface area contributed by atoms with Crippen LogP contribution in [0.2, 0.25) is 0 Å². The number of aryl methyl sites for hydroxylation is 2. The van der Waals surface area contributed by atoms with Crippen LogP contribution in [0.25, 0.3) is 22.4 Å². The molecular weight excluding hydrogens is 347 g/mol. The first-order valence-electron chi connectivity index (χ1n) is 8.47. The van der Waals surface area contributed by atoms with Crippen LogP contribution in [-0.4, -0.2) is 21.0 Å². The number of carbonyl (C=O) groups excluding carboxylic acids is 1. The lowest BCUT2D eigenvalue weighted by Gasteiger charge is -2.05. The molecule has 2 heterocycles. The fourth-order valence-electron chi connectivity index (χ4n) is 2.95. The second-order valence-corrected chi connectivity index (χ2v) is 6.35. The minimum absolute atomic E-state index is 0.151. The van der Waals surface area contributed by atoms with Crippen molar-refractivity contribution in [2.24, 2.45) is 0 Å². The quantitative estimate of drug-likeness (QED) is 0.570. The molecule has 0 atom stereocenters. The van der Waals surface area contributed by atoms with Gasteiger partial charge < -0.3 is 14.8 Å². The van der Waals surface area contributed by atoms with E-state index in [2.05, 4.69) is 20.4 Å². The van der Waals surface area contributed by atoms with Gasteiger partial charge in [-0.25, -0.2) is 9.37 Å². The predicted octanol–water partition coefficient (Wildman–Crippen LogP) is 4.16. The van der Waals surface area contributed by atoms with Crippen molar-refractivity contribution in [2.75, 3.05) is 5.32 Å². The number of carbonyl (C=O) groups is 1. The first-order chi connectivity index (χ1) is 13.0. The Morgan fingerprint density at radius 3 is 2.67 bits per heavy atom. The molecule has 2 aromatic heterocycles. The SMILES string of the molecule is Cc1noc(C)c1CC(=O)Nc1ccc2nc(-c3ccc(F)cc3)[nH]c2c1. The van der Waals surface area contributed by atoms with Crippen LogP contribution in [0, 0.1) is 19.7 Å². The molecule has 2 N–H and O–H groups in total. The van der Waals surface area contributed by atoms with Crippen LogP contribution in [-0.2, 0) is 11.2 Å². The molecule has 1 amide bonds. The summed E-state index contributed by atoms with van der Waals surface area (Å²) in [7, 11) is 0. The molecule has 136 valence electrons. The van der Waals surface area contributed by atoms with Crippen LogP contribution in [0.3, 0.4) is 0 Å². The van der Waals surface area contributed by atoms with E-state index in [-0.39, 0.29) is 18.1 Å². The number of hydrogen-bond acceptors (Lipinski definition) is 4. The number of rotatable bonds is 4. The maximum absolute atomic E-state index is 13.1. The van der Waals surface area contributed by atoms with Crippen LogP contribution in [0.4, 0.5) is 10.1 Å². The van der Waals surface area contributed by atoms with Gasteiger partial charge in [0.1, 0.15) is 17.4 Å². The van der Waals surface area contributed by atoms with E-state index < -0.39 is 0 Å². The van der Waals surface area contributed by atoms with Gasteiger partial charge in [-0.15, -0.1) is 0 Å². The average molecular weight is 364 g/mol. The summed E-state index contributed by atoms with van der Waals surface area (Å²) in [6.07, 6.45) is 0.197. The normalized spacial score (nSPS) is 11.1. The van der Waals surface area contributed by atoms with E-state index >= 15 is 0 Å². The molecule has 0 bridgehead atoms. The van der Waals surface area contributed by atoms with Crippen molar-refractivity contribution in [2.45, 2.75) is 20.3 Å². The Hall–Kier alpha value is -3.48. The number of anilines is 1. The number of amides is 1. The van der Waals surface area contributed by atoms with Gasteiger partial charge >= 0.3 is 0 Å². The molecule has 0 aliphatic carbocycles. The van der Waals surface area contributed by atoms with Gasteiger partial charge in [-0.2, -0.15) is 0 Å². The van der Waals surface area contributed by atoms with Gasteiger partial charge in [-0.05, 0) is 56.3 Å². The maximum atomic E-state index is 13.1. The van der Waals surface area contributed by atoms with E-state index in [0.717, 1.165) is 27.9 Å². The van der Waals surface area contributed by atoms with Gasteiger partial charge in [-0.3, -0.25) is 4.79 Å². The summed E-state index contributed by atoms with van der Waals surface area (Å²) in [6, 6.07) is 11.6. The summed E-state index contributed by atoms with van der Waals surface area (Å²) in [5.74, 6) is 0.847. The standard InChI is InChI=1S/C20H17FN4O2/c1-11-16(12(2)27-25-11)10-19(26)22-15-7-8-17-18(9-15)24-20(23-17)13-3-5-14(21)6-4-13/h3-9H,10H2,1-2H3,(H,22,26)(H,23,24). The number of halogens is 1. The number of nitrogens with zero attached hydrogens (tertiary/aromatic N) is 2. The molecule has 0 aliphatic rings. The minimum Gasteiger partial charge on any atom is -0.361 e. The topological polar surface area (TPSA) is 83.8 Å². The summed E-state index contributed by atoms with van der Waals surface area (Å²) in [4.78, 5) is 20.0. The lowest BCUT2D eigenvalue weighted by molar-refractivity contribution is -0.115. The molecular formula is C20H17FN4O2. The number of hydrogen-bond donors (Lipinski definition) is 2. The zero-order valence-corrected chi connectivity index (χ0v) is 14.8. The van der Waals surface area contributed by atoms with Crippen molar-refractivity contribution in [3.05, 3.63) is 65.3 Å². The van der Waals surface area contributed by atoms with Gasteiger partial charge in [0, 0.05) is 16.8 Å². The fourth-order valence-corrected chi connectivity index (χ4v) is 2.95. The Morgan fingerprint density at radius 2 is 1.96 bits per heavy atom. The highest BCUT2D eigenvalue weighted by Crippen LogP contribution is 2.23. The third-order valence-corrected chi connectivity index (χ3v) is 4.40. The summed E-state index contributed by atoms with van der Waals surface area (Å²) < 4.78 is 18.2. The van der Waals surface area contributed by atoms with Crippen LogP contribution >= 0.6 is 0 Å². The highest BCUT2D eigenvalue weighted by molar-refractivity contribution is 5.94. The van der Waals surface area contributed by atoms with E-state index in [1.165, 1.54) is 12.1 Å². The Balaban J connectivity index is 1.54. The van der Waals surface area contributed by atoms with Gasteiger partial charge in [0.2, 0.25) is 5.91 Å². The number of imidazole rings is 1. The van der Waals surface area contributed by atoms with Crippen molar-refractivity contribution >= 4 is 22.6 Å². The fraction of sp³-hybridized carbons (Fsp3) is 0.150. The predicted molar refractivity (Wildman–Crippen MR) is 99.8 cm³/mol. The average Bonchev–Trinajstić information content (AvgIpc) is 3.20. The second kappa shape index (κ2) is 6.68. The summed E-state index contributed by atoms with van der Waals surface area (Å²) in [5, 5.41) is 6.74. The number of fused-ring (bicyclic) bond motifs is 1. The third-order valence-electron chi connectivity index (χ3n) is 4.40. The molecule has 0 fully saturated rings. The van der Waals surface area contributed by atoms with Crippen LogP contribution in [0.1, 0.15) is 17.0 Å². The number of aromatic nitrogens is 3. The van der Waals surface area contributed by atoms with E-state index in [4.69, 9.17) is 4.52 Å². The molecule has 0 aliphatic heterocycles. The maximum Gasteiger partial charge on any atom is 0.229 e. The number of nitrogens with one attached hydrogen (secondary N) is 2. The van der Waals surface area contributed by atoms with Crippen molar-refractivity contribution in [1.29, 1.82) is 0 Å². The highest BCUT2D eigenvalue weighted by atomic mass is 19.1. The van der Waals surface area contributed by atoms with Crippen molar-refractivity contribution in [3.63, 3.8) is 0 Å².